The van der Waals surface area contributed by atoms with Gasteiger partial charge in [0.15, 0.2) is 0 Å². The summed E-state index contributed by atoms with van der Waals surface area (Å²) in [5.41, 5.74) is -0.0676. The zero-order chi connectivity index (χ0) is 17.8. The fourth-order valence-electron chi connectivity index (χ4n) is 4.24. The third kappa shape index (κ3) is 4.48. The van der Waals surface area contributed by atoms with Gasteiger partial charge < -0.3 is 14.2 Å². The Labute approximate surface area is 144 Å². The van der Waals surface area contributed by atoms with Crippen molar-refractivity contribution in [1.82, 2.24) is 4.90 Å². The molecule has 1 spiro atoms. The molecule has 2 aliphatic rings. The van der Waals surface area contributed by atoms with Crippen molar-refractivity contribution in [2.24, 2.45) is 5.41 Å². The number of carbonyl (C=O) groups is 2. The second-order valence-corrected chi connectivity index (χ2v) is 7.52. The van der Waals surface area contributed by atoms with Crippen LogP contribution in [0.1, 0.15) is 53.4 Å². The van der Waals surface area contributed by atoms with Crippen LogP contribution in [0.15, 0.2) is 0 Å². The molecule has 6 heteroatoms. The molecule has 6 nitrogen and oxygen atoms in total. The van der Waals surface area contributed by atoms with Crippen LogP contribution in [0, 0.1) is 5.41 Å². The zero-order valence-electron chi connectivity index (χ0n) is 15.4. The Balaban J connectivity index is 2.17. The maximum atomic E-state index is 12.4. The van der Waals surface area contributed by atoms with Gasteiger partial charge in [0.25, 0.3) is 0 Å². The normalized spacial score (nSPS) is 27.2. The summed E-state index contributed by atoms with van der Waals surface area (Å²) in [6, 6.07) is -0.951. The average Bonchev–Trinajstić information content (AvgIpc) is 2.46. The van der Waals surface area contributed by atoms with Gasteiger partial charge in [-0.2, -0.15) is 0 Å². The maximum Gasteiger partial charge on any atom is 0.335 e. The minimum atomic E-state index is -0.951. The summed E-state index contributed by atoms with van der Waals surface area (Å²) < 4.78 is 16.1. The Morgan fingerprint density at radius 2 is 1.75 bits per heavy atom. The molecule has 0 aromatic rings. The van der Waals surface area contributed by atoms with E-state index in [0.717, 1.165) is 32.3 Å². The SMILES string of the molecule is CCOC(=O)C(C(=O)OCC)N1CCCC2(CCOC(C)(C)C2)C1. The van der Waals surface area contributed by atoms with Gasteiger partial charge in [0.05, 0.1) is 18.8 Å². The van der Waals surface area contributed by atoms with Gasteiger partial charge >= 0.3 is 11.9 Å². The second-order valence-electron chi connectivity index (χ2n) is 7.52. The molecule has 138 valence electrons. The first-order valence-electron chi connectivity index (χ1n) is 9.04. The van der Waals surface area contributed by atoms with Gasteiger partial charge in [0.1, 0.15) is 0 Å². The van der Waals surface area contributed by atoms with Gasteiger partial charge in [-0.15, -0.1) is 0 Å². The van der Waals surface area contributed by atoms with Gasteiger partial charge in [-0.05, 0) is 65.3 Å². The predicted octanol–water partition coefficient (Wildman–Crippen LogP) is 2.15. The smallest absolute Gasteiger partial charge is 0.335 e. The second kappa shape index (κ2) is 7.83. The van der Waals surface area contributed by atoms with Crippen molar-refractivity contribution < 1.29 is 23.8 Å². The number of ether oxygens (including phenoxy) is 3. The van der Waals surface area contributed by atoms with E-state index in [9.17, 15) is 9.59 Å². The molecule has 1 unspecified atom stereocenters. The molecule has 24 heavy (non-hydrogen) atoms. The molecular weight excluding hydrogens is 310 g/mol. The Morgan fingerprint density at radius 1 is 1.12 bits per heavy atom. The fourth-order valence-corrected chi connectivity index (χ4v) is 4.24. The molecular formula is C18H31NO5. The summed E-state index contributed by atoms with van der Waals surface area (Å²) in [6.45, 7) is 10.4. The molecule has 0 radical (unpaired) electrons. The maximum absolute atomic E-state index is 12.4. The highest BCUT2D eigenvalue weighted by molar-refractivity contribution is 5.99. The third-order valence-corrected chi connectivity index (χ3v) is 5.00. The molecule has 2 rings (SSSR count). The van der Waals surface area contributed by atoms with Crippen LogP contribution in [0.3, 0.4) is 0 Å². The summed E-state index contributed by atoms with van der Waals surface area (Å²) in [5.74, 6) is -1.00. The lowest BCUT2D eigenvalue weighted by molar-refractivity contribution is -0.169. The van der Waals surface area contributed by atoms with E-state index >= 15 is 0 Å². The van der Waals surface area contributed by atoms with Gasteiger partial charge in [0.2, 0.25) is 6.04 Å². The molecule has 0 aliphatic carbocycles. The lowest BCUT2D eigenvalue weighted by atomic mass is 9.69. The molecule has 0 saturated carbocycles. The topological polar surface area (TPSA) is 65.1 Å². The van der Waals surface area contributed by atoms with Crippen molar-refractivity contribution >= 4 is 11.9 Å². The van der Waals surface area contributed by atoms with Crippen LogP contribution in [-0.4, -0.2) is 61.4 Å². The summed E-state index contributed by atoms with van der Waals surface area (Å²) in [7, 11) is 0. The number of hydrogen-bond donors (Lipinski definition) is 0. The quantitative estimate of drug-likeness (QED) is 0.564. The van der Waals surface area contributed by atoms with E-state index < -0.39 is 18.0 Å². The van der Waals surface area contributed by atoms with E-state index in [1.54, 1.807) is 13.8 Å². The predicted molar refractivity (Wildman–Crippen MR) is 89.6 cm³/mol. The molecule has 0 aromatic carbocycles. The van der Waals surface area contributed by atoms with Gasteiger partial charge in [-0.3, -0.25) is 4.90 Å². The van der Waals surface area contributed by atoms with E-state index in [1.807, 2.05) is 4.90 Å². The molecule has 0 bridgehead atoms. The number of rotatable bonds is 5. The number of likely N-dealkylation sites (tertiary alicyclic amines) is 1. The van der Waals surface area contributed by atoms with E-state index in [-0.39, 0.29) is 24.2 Å². The lowest BCUT2D eigenvalue weighted by Crippen LogP contribution is -2.57. The first-order valence-corrected chi connectivity index (χ1v) is 9.04. The molecule has 0 aromatic heterocycles. The van der Waals surface area contributed by atoms with Crippen molar-refractivity contribution in [2.75, 3.05) is 32.9 Å². The molecule has 0 N–H and O–H groups in total. The Kier molecular flexibility index (Phi) is 6.26. The third-order valence-electron chi connectivity index (χ3n) is 5.00. The van der Waals surface area contributed by atoms with Crippen molar-refractivity contribution in [2.45, 2.75) is 65.0 Å². The summed E-state index contributed by atoms with van der Waals surface area (Å²) >= 11 is 0. The Bertz CT molecular complexity index is 442. The summed E-state index contributed by atoms with van der Waals surface area (Å²) in [4.78, 5) is 26.7. The van der Waals surface area contributed by atoms with Crippen LogP contribution in [-0.2, 0) is 23.8 Å². The molecule has 0 amide bonds. The van der Waals surface area contributed by atoms with Crippen molar-refractivity contribution in [3.63, 3.8) is 0 Å². The van der Waals surface area contributed by atoms with Gasteiger partial charge in [-0.25, -0.2) is 9.59 Å². The van der Waals surface area contributed by atoms with Gasteiger partial charge in [0, 0.05) is 13.2 Å². The number of nitrogens with zero attached hydrogens (tertiary/aromatic N) is 1. The van der Waals surface area contributed by atoms with E-state index in [0.29, 0.717) is 13.1 Å². The summed E-state index contributed by atoms with van der Waals surface area (Å²) in [5, 5.41) is 0. The molecule has 2 fully saturated rings. The number of esters is 2. The Morgan fingerprint density at radius 3 is 2.29 bits per heavy atom. The van der Waals surface area contributed by atoms with Crippen LogP contribution >= 0.6 is 0 Å². The van der Waals surface area contributed by atoms with Crippen LogP contribution in [0.5, 0.6) is 0 Å². The van der Waals surface area contributed by atoms with E-state index in [4.69, 9.17) is 14.2 Å². The number of piperidine rings is 1. The lowest BCUT2D eigenvalue weighted by Gasteiger charge is -2.50. The average molecular weight is 341 g/mol. The first-order chi connectivity index (χ1) is 11.3. The molecule has 1 atom stereocenters. The van der Waals surface area contributed by atoms with Crippen LogP contribution in [0.25, 0.3) is 0 Å². The molecule has 2 saturated heterocycles. The van der Waals surface area contributed by atoms with Crippen molar-refractivity contribution in [1.29, 1.82) is 0 Å². The highest BCUT2D eigenvalue weighted by atomic mass is 16.6. The Hall–Kier alpha value is -1.14. The van der Waals surface area contributed by atoms with Crippen molar-refractivity contribution in [3.05, 3.63) is 0 Å². The van der Waals surface area contributed by atoms with E-state index in [2.05, 4.69) is 13.8 Å². The summed E-state index contributed by atoms with van der Waals surface area (Å²) in [6.07, 6.45) is 3.97. The first kappa shape index (κ1) is 19.2. The molecule has 2 heterocycles. The van der Waals surface area contributed by atoms with Crippen molar-refractivity contribution in [3.8, 4) is 0 Å². The number of hydrogen-bond acceptors (Lipinski definition) is 6. The number of carbonyl (C=O) groups excluding carboxylic acids is 2. The minimum absolute atomic E-state index is 0.0945. The molecule has 2 aliphatic heterocycles. The highest BCUT2D eigenvalue weighted by Gasteiger charge is 2.47. The fraction of sp³-hybridized carbons (Fsp3) is 0.889. The van der Waals surface area contributed by atoms with Crippen LogP contribution in [0.4, 0.5) is 0 Å². The van der Waals surface area contributed by atoms with Crippen LogP contribution in [0.2, 0.25) is 0 Å². The minimum Gasteiger partial charge on any atom is -0.464 e. The highest BCUT2D eigenvalue weighted by Crippen LogP contribution is 2.45. The van der Waals surface area contributed by atoms with Crippen LogP contribution < -0.4 is 0 Å². The largest absolute Gasteiger partial charge is 0.464 e. The standard InChI is InChI=1S/C18H31NO5/c1-5-22-15(20)14(16(21)23-6-2)19-10-7-8-18(13-19)9-11-24-17(3,4)12-18/h14H,5-13H2,1-4H3. The van der Waals surface area contributed by atoms with Gasteiger partial charge in [-0.1, -0.05) is 0 Å². The monoisotopic (exact) mass is 341 g/mol. The zero-order valence-corrected chi connectivity index (χ0v) is 15.4. The van der Waals surface area contributed by atoms with E-state index in [1.165, 1.54) is 0 Å².